The molecule has 0 bridgehead atoms. The van der Waals surface area contributed by atoms with E-state index in [0.717, 1.165) is 11.3 Å². The second-order valence-electron chi connectivity index (χ2n) is 5.72. The molecule has 0 aliphatic rings. The number of aromatic amines is 1. The van der Waals surface area contributed by atoms with Gasteiger partial charge in [0, 0.05) is 10.4 Å². The van der Waals surface area contributed by atoms with Crippen molar-refractivity contribution in [1.29, 1.82) is 0 Å². The number of rotatable bonds is 1. The zero-order valence-electron chi connectivity index (χ0n) is 11.5. The highest BCUT2D eigenvalue weighted by molar-refractivity contribution is 6.31. The maximum atomic E-state index is 12.2. The van der Waals surface area contributed by atoms with Crippen molar-refractivity contribution in [3.63, 3.8) is 0 Å². The van der Waals surface area contributed by atoms with Gasteiger partial charge >= 0.3 is 0 Å². The number of nitrogens with one attached hydrogen (secondary N) is 1. The molecule has 19 heavy (non-hydrogen) atoms. The summed E-state index contributed by atoms with van der Waals surface area (Å²) in [6.45, 7) is 7.92. The standard InChI is InChI=1S/C14H18ClN3O/c1-8-5-6-9(7-10(8)15)18-13(19)11(16)12(17-18)14(2,3)4/h5-7,17H,16H2,1-4H3. The molecule has 2 aromatic rings. The Balaban J connectivity index is 2.64. The summed E-state index contributed by atoms with van der Waals surface area (Å²) in [5.74, 6) is 0. The monoisotopic (exact) mass is 279 g/mol. The molecule has 4 nitrogen and oxygen atoms in total. The van der Waals surface area contributed by atoms with E-state index in [9.17, 15) is 4.79 Å². The van der Waals surface area contributed by atoms with Gasteiger partial charge in [-0.25, -0.2) is 4.68 Å². The van der Waals surface area contributed by atoms with Crippen LogP contribution in [0.5, 0.6) is 0 Å². The van der Waals surface area contributed by atoms with Gasteiger partial charge in [-0.3, -0.25) is 9.89 Å². The molecular weight excluding hydrogens is 262 g/mol. The summed E-state index contributed by atoms with van der Waals surface area (Å²) in [4.78, 5) is 12.2. The molecule has 0 aliphatic carbocycles. The highest BCUT2D eigenvalue weighted by Crippen LogP contribution is 2.25. The zero-order chi connectivity index (χ0) is 14.4. The van der Waals surface area contributed by atoms with E-state index in [1.54, 1.807) is 6.07 Å². The predicted molar refractivity (Wildman–Crippen MR) is 79.2 cm³/mol. The lowest BCUT2D eigenvalue weighted by atomic mass is 9.91. The Labute approximate surface area is 117 Å². The normalized spacial score (nSPS) is 11.8. The minimum absolute atomic E-state index is 0.219. The molecule has 0 spiro atoms. The Kier molecular flexibility index (Phi) is 3.22. The van der Waals surface area contributed by atoms with Crippen molar-refractivity contribution in [3.05, 3.63) is 44.8 Å². The molecule has 3 N–H and O–H groups in total. The van der Waals surface area contributed by atoms with Crippen LogP contribution in [0.25, 0.3) is 5.69 Å². The van der Waals surface area contributed by atoms with Crippen molar-refractivity contribution in [2.24, 2.45) is 0 Å². The molecular formula is C14H18ClN3O. The Hall–Kier alpha value is -1.68. The number of anilines is 1. The van der Waals surface area contributed by atoms with E-state index in [-0.39, 0.29) is 16.7 Å². The summed E-state index contributed by atoms with van der Waals surface area (Å²) in [6.07, 6.45) is 0. The summed E-state index contributed by atoms with van der Waals surface area (Å²) in [5, 5.41) is 3.69. The Morgan fingerprint density at radius 3 is 2.42 bits per heavy atom. The van der Waals surface area contributed by atoms with E-state index in [1.165, 1.54) is 4.68 Å². The predicted octanol–water partition coefficient (Wildman–Crippen LogP) is 3.01. The third-order valence-electron chi connectivity index (χ3n) is 3.09. The van der Waals surface area contributed by atoms with Crippen LogP contribution in [0.15, 0.2) is 23.0 Å². The van der Waals surface area contributed by atoms with Crippen molar-refractivity contribution in [1.82, 2.24) is 9.78 Å². The van der Waals surface area contributed by atoms with Crippen molar-refractivity contribution in [2.45, 2.75) is 33.1 Å². The Morgan fingerprint density at radius 2 is 1.95 bits per heavy atom. The number of H-pyrrole nitrogens is 1. The molecule has 5 heteroatoms. The van der Waals surface area contributed by atoms with Crippen LogP contribution >= 0.6 is 11.6 Å². The minimum Gasteiger partial charge on any atom is -0.393 e. The van der Waals surface area contributed by atoms with Crippen LogP contribution in [0.1, 0.15) is 32.0 Å². The fourth-order valence-electron chi connectivity index (χ4n) is 1.92. The number of halogens is 1. The molecule has 0 radical (unpaired) electrons. The molecule has 0 unspecified atom stereocenters. The van der Waals surface area contributed by atoms with Gasteiger partial charge in [0.25, 0.3) is 5.56 Å². The smallest absolute Gasteiger partial charge is 0.294 e. The van der Waals surface area contributed by atoms with Crippen LogP contribution in [0.2, 0.25) is 5.02 Å². The molecule has 1 heterocycles. The van der Waals surface area contributed by atoms with Gasteiger partial charge in [-0.15, -0.1) is 0 Å². The molecule has 0 saturated carbocycles. The van der Waals surface area contributed by atoms with E-state index in [4.69, 9.17) is 17.3 Å². The van der Waals surface area contributed by atoms with Crippen LogP contribution < -0.4 is 11.3 Å². The van der Waals surface area contributed by atoms with Gasteiger partial charge in [-0.05, 0) is 24.6 Å². The van der Waals surface area contributed by atoms with Crippen LogP contribution in [-0.4, -0.2) is 9.78 Å². The summed E-state index contributed by atoms with van der Waals surface area (Å²) < 4.78 is 1.43. The second kappa shape index (κ2) is 4.46. The maximum Gasteiger partial charge on any atom is 0.294 e. The van der Waals surface area contributed by atoms with Crippen LogP contribution in [0.3, 0.4) is 0 Å². The molecule has 1 aromatic heterocycles. The summed E-state index contributed by atoms with van der Waals surface area (Å²) in [6, 6.07) is 5.46. The van der Waals surface area contributed by atoms with Crippen molar-refractivity contribution >= 4 is 17.3 Å². The van der Waals surface area contributed by atoms with Gasteiger partial charge in [-0.2, -0.15) is 0 Å². The van der Waals surface area contributed by atoms with E-state index in [2.05, 4.69) is 5.10 Å². The van der Waals surface area contributed by atoms with Crippen LogP contribution in [-0.2, 0) is 5.41 Å². The van der Waals surface area contributed by atoms with Crippen molar-refractivity contribution in [3.8, 4) is 5.69 Å². The molecule has 0 amide bonds. The second-order valence-corrected chi connectivity index (χ2v) is 6.13. The maximum absolute atomic E-state index is 12.2. The van der Waals surface area contributed by atoms with Gasteiger partial charge in [0.05, 0.1) is 11.4 Å². The third-order valence-corrected chi connectivity index (χ3v) is 3.50. The summed E-state index contributed by atoms with van der Waals surface area (Å²) in [7, 11) is 0. The largest absolute Gasteiger partial charge is 0.393 e. The van der Waals surface area contributed by atoms with Crippen LogP contribution in [0.4, 0.5) is 5.69 Å². The van der Waals surface area contributed by atoms with Gasteiger partial charge < -0.3 is 5.73 Å². The number of benzene rings is 1. The lowest BCUT2D eigenvalue weighted by Crippen LogP contribution is -2.17. The number of hydrogen-bond acceptors (Lipinski definition) is 2. The van der Waals surface area contributed by atoms with Gasteiger partial charge in [0.15, 0.2) is 0 Å². The number of nitrogens with two attached hydrogens (primary N) is 1. The fraction of sp³-hybridized carbons (Fsp3) is 0.357. The van der Waals surface area contributed by atoms with E-state index in [0.29, 0.717) is 10.7 Å². The Morgan fingerprint density at radius 1 is 1.32 bits per heavy atom. The lowest BCUT2D eigenvalue weighted by Gasteiger charge is -2.16. The lowest BCUT2D eigenvalue weighted by molar-refractivity contribution is 0.562. The van der Waals surface area contributed by atoms with E-state index in [1.807, 2.05) is 39.8 Å². The first-order valence-corrected chi connectivity index (χ1v) is 6.47. The minimum atomic E-state index is -0.246. The summed E-state index contributed by atoms with van der Waals surface area (Å²) in [5.41, 5.74) is 8.07. The molecule has 2 rings (SSSR count). The Bertz CT molecular complexity index is 677. The highest BCUT2D eigenvalue weighted by atomic mass is 35.5. The van der Waals surface area contributed by atoms with Crippen molar-refractivity contribution in [2.75, 3.05) is 5.73 Å². The molecule has 0 fully saturated rings. The van der Waals surface area contributed by atoms with E-state index < -0.39 is 0 Å². The summed E-state index contributed by atoms with van der Waals surface area (Å²) >= 11 is 6.09. The fourth-order valence-corrected chi connectivity index (χ4v) is 2.10. The third kappa shape index (κ3) is 2.40. The molecule has 0 saturated heterocycles. The van der Waals surface area contributed by atoms with Crippen LogP contribution in [0, 0.1) is 6.92 Å². The molecule has 1 aromatic carbocycles. The van der Waals surface area contributed by atoms with Gasteiger partial charge in [-0.1, -0.05) is 38.4 Å². The van der Waals surface area contributed by atoms with E-state index >= 15 is 0 Å². The zero-order valence-corrected chi connectivity index (χ0v) is 12.3. The molecule has 0 atom stereocenters. The van der Waals surface area contributed by atoms with Gasteiger partial charge in [0.1, 0.15) is 5.69 Å². The highest BCUT2D eigenvalue weighted by Gasteiger charge is 2.23. The number of hydrogen-bond donors (Lipinski definition) is 2. The first-order chi connectivity index (χ1) is 8.71. The first-order valence-electron chi connectivity index (χ1n) is 6.09. The molecule has 0 aliphatic heterocycles. The quantitative estimate of drug-likeness (QED) is 0.843. The average Bonchev–Trinajstić information content (AvgIpc) is 2.60. The number of aryl methyl sites for hydroxylation is 1. The first kappa shape index (κ1) is 13.7. The molecule has 102 valence electrons. The van der Waals surface area contributed by atoms with Gasteiger partial charge in [0.2, 0.25) is 0 Å². The average molecular weight is 280 g/mol. The topological polar surface area (TPSA) is 63.8 Å². The van der Waals surface area contributed by atoms with Crippen molar-refractivity contribution < 1.29 is 0 Å². The number of aromatic nitrogens is 2. The SMILES string of the molecule is Cc1ccc(-n2[nH]c(C(C)(C)C)c(N)c2=O)cc1Cl. The number of nitrogen functional groups attached to an aromatic ring is 1. The number of nitrogens with zero attached hydrogens (tertiary/aromatic N) is 1.